The molecule has 2 aliphatic rings. The Hall–Kier alpha value is -1.04. The Balaban J connectivity index is 1.75. The van der Waals surface area contributed by atoms with Crippen molar-refractivity contribution in [2.24, 2.45) is 0 Å². The molecule has 1 aliphatic carbocycles. The van der Waals surface area contributed by atoms with Gasteiger partial charge in [0.25, 0.3) is 5.92 Å². The van der Waals surface area contributed by atoms with Gasteiger partial charge in [0.15, 0.2) is 5.82 Å². The zero-order valence-electron chi connectivity index (χ0n) is 8.04. The lowest BCUT2D eigenvalue weighted by molar-refractivity contribution is 0.0200. The topological polar surface area (TPSA) is 51.0 Å². The Morgan fingerprint density at radius 2 is 2.20 bits per heavy atom. The summed E-state index contributed by atoms with van der Waals surface area (Å²) in [5, 5.41) is 6.49. The van der Waals surface area contributed by atoms with E-state index in [2.05, 4.69) is 15.5 Å². The van der Waals surface area contributed by atoms with Crippen LogP contribution in [0.25, 0.3) is 0 Å². The van der Waals surface area contributed by atoms with E-state index in [0.29, 0.717) is 17.6 Å². The molecule has 82 valence electrons. The maximum Gasteiger partial charge on any atom is 0.262 e. The van der Waals surface area contributed by atoms with Gasteiger partial charge >= 0.3 is 0 Å². The molecular weight excluding hydrogens is 204 g/mol. The second-order valence-electron chi connectivity index (χ2n) is 4.26. The molecule has 0 radical (unpaired) electrons. The summed E-state index contributed by atoms with van der Waals surface area (Å²) in [6, 6.07) is -0.486. The highest BCUT2D eigenvalue weighted by Crippen LogP contribution is 2.39. The quantitative estimate of drug-likeness (QED) is 0.814. The van der Waals surface area contributed by atoms with Crippen molar-refractivity contribution >= 4 is 0 Å². The lowest BCUT2D eigenvalue weighted by atomic mass is 10.2. The highest BCUT2D eigenvalue weighted by atomic mass is 19.3. The molecule has 4 nitrogen and oxygen atoms in total. The minimum absolute atomic E-state index is 0.251. The van der Waals surface area contributed by atoms with Crippen LogP contribution in [0.1, 0.15) is 42.9 Å². The summed E-state index contributed by atoms with van der Waals surface area (Å²) in [7, 11) is 0. The van der Waals surface area contributed by atoms with Gasteiger partial charge in [-0.2, -0.15) is 4.98 Å². The molecule has 3 rings (SSSR count). The minimum Gasteiger partial charge on any atom is -0.338 e. The molecule has 2 fully saturated rings. The molecule has 1 aromatic heterocycles. The van der Waals surface area contributed by atoms with Gasteiger partial charge in [0.2, 0.25) is 5.89 Å². The zero-order valence-corrected chi connectivity index (χ0v) is 8.04. The van der Waals surface area contributed by atoms with Crippen LogP contribution < -0.4 is 5.32 Å². The van der Waals surface area contributed by atoms with Crippen LogP contribution in [-0.4, -0.2) is 22.6 Å². The van der Waals surface area contributed by atoms with E-state index in [-0.39, 0.29) is 13.0 Å². The van der Waals surface area contributed by atoms with E-state index in [4.69, 9.17) is 4.52 Å². The molecular formula is C9H11F2N3O. The summed E-state index contributed by atoms with van der Waals surface area (Å²) >= 11 is 0. The molecule has 2 heterocycles. The molecule has 0 bridgehead atoms. The van der Waals surface area contributed by atoms with E-state index in [1.54, 1.807) is 0 Å². The van der Waals surface area contributed by atoms with Crippen LogP contribution in [0.15, 0.2) is 4.52 Å². The minimum atomic E-state index is -2.65. The van der Waals surface area contributed by atoms with Gasteiger partial charge in [-0.1, -0.05) is 5.16 Å². The molecule has 1 aliphatic heterocycles. The van der Waals surface area contributed by atoms with Crippen LogP contribution in [0.4, 0.5) is 8.78 Å². The number of hydrogen-bond donors (Lipinski definition) is 1. The van der Waals surface area contributed by atoms with Crippen molar-refractivity contribution in [2.75, 3.05) is 6.54 Å². The molecule has 0 spiro atoms. The van der Waals surface area contributed by atoms with Crippen molar-refractivity contribution in [3.8, 4) is 0 Å². The van der Waals surface area contributed by atoms with E-state index < -0.39 is 12.0 Å². The molecule has 0 amide bonds. The van der Waals surface area contributed by atoms with E-state index in [1.807, 2.05) is 0 Å². The normalized spacial score (nSPS) is 29.6. The van der Waals surface area contributed by atoms with Crippen LogP contribution in [0.5, 0.6) is 0 Å². The lowest BCUT2D eigenvalue weighted by Crippen LogP contribution is -2.19. The van der Waals surface area contributed by atoms with Crippen molar-refractivity contribution in [2.45, 2.75) is 37.1 Å². The number of halogens is 2. The predicted molar refractivity (Wildman–Crippen MR) is 46.6 cm³/mol. The standard InChI is InChI=1S/C9H11F2N3O/c10-9(11)3-6(12-4-9)8-13-7(14-15-8)5-1-2-5/h5-6,12H,1-4H2/t6-/m0/s1. The Morgan fingerprint density at radius 3 is 2.80 bits per heavy atom. The first-order valence-corrected chi connectivity index (χ1v) is 5.09. The summed E-state index contributed by atoms with van der Waals surface area (Å²) < 4.78 is 30.8. The van der Waals surface area contributed by atoms with Crippen molar-refractivity contribution in [1.29, 1.82) is 0 Å². The van der Waals surface area contributed by atoms with Gasteiger partial charge in [0, 0.05) is 12.3 Å². The van der Waals surface area contributed by atoms with Crippen molar-refractivity contribution in [3.63, 3.8) is 0 Å². The highest BCUT2D eigenvalue weighted by molar-refractivity contribution is 5.06. The fourth-order valence-corrected chi connectivity index (χ4v) is 1.79. The number of aromatic nitrogens is 2. The fraction of sp³-hybridized carbons (Fsp3) is 0.778. The number of nitrogens with zero attached hydrogens (tertiary/aromatic N) is 2. The van der Waals surface area contributed by atoms with Crippen LogP contribution >= 0.6 is 0 Å². The van der Waals surface area contributed by atoms with E-state index >= 15 is 0 Å². The molecule has 0 aromatic carbocycles. The Labute approximate surface area is 85.0 Å². The third-order valence-electron chi connectivity index (χ3n) is 2.81. The van der Waals surface area contributed by atoms with Gasteiger partial charge < -0.3 is 4.52 Å². The average molecular weight is 215 g/mol. The number of nitrogens with one attached hydrogen (secondary N) is 1. The van der Waals surface area contributed by atoms with Gasteiger partial charge in [-0.05, 0) is 12.8 Å². The Kier molecular flexibility index (Phi) is 1.83. The van der Waals surface area contributed by atoms with Crippen LogP contribution in [0.3, 0.4) is 0 Å². The number of alkyl halides is 2. The van der Waals surface area contributed by atoms with E-state index in [9.17, 15) is 8.78 Å². The first kappa shape index (κ1) is 9.21. The van der Waals surface area contributed by atoms with Crippen molar-refractivity contribution < 1.29 is 13.3 Å². The number of rotatable bonds is 2. The molecule has 1 atom stereocenters. The van der Waals surface area contributed by atoms with Gasteiger partial charge in [0.05, 0.1) is 12.6 Å². The molecule has 0 unspecified atom stereocenters. The van der Waals surface area contributed by atoms with E-state index in [1.165, 1.54) is 0 Å². The fourth-order valence-electron chi connectivity index (χ4n) is 1.79. The first-order chi connectivity index (χ1) is 7.14. The summed E-state index contributed by atoms with van der Waals surface area (Å²) in [6.07, 6.45) is 1.90. The van der Waals surface area contributed by atoms with Gasteiger partial charge in [-0.15, -0.1) is 0 Å². The second kappa shape index (κ2) is 2.98. The lowest BCUT2D eigenvalue weighted by Gasteiger charge is -2.04. The summed E-state index contributed by atoms with van der Waals surface area (Å²) in [4.78, 5) is 4.15. The average Bonchev–Trinajstić information content (AvgIpc) is 2.79. The first-order valence-electron chi connectivity index (χ1n) is 5.09. The van der Waals surface area contributed by atoms with Gasteiger partial charge in [-0.25, -0.2) is 8.78 Å². The smallest absolute Gasteiger partial charge is 0.262 e. The van der Waals surface area contributed by atoms with Crippen LogP contribution in [0, 0.1) is 0 Å². The molecule has 1 aromatic rings. The number of hydrogen-bond acceptors (Lipinski definition) is 4. The molecule has 15 heavy (non-hydrogen) atoms. The van der Waals surface area contributed by atoms with E-state index in [0.717, 1.165) is 12.8 Å². The largest absolute Gasteiger partial charge is 0.338 e. The summed E-state index contributed by atoms with van der Waals surface area (Å²) in [5.41, 5.74) is 0. The summed E-state index contributed by atoms with van der Waals surface area (Å²) in [6.45, 7) is -0.307. The van der Waals surface area contributed by atoms with Crippen molar-refractivity contribution in [3.05, 3.63) is 11.7 Å². The predicted octanol–water partition coefficient (Wildman–Crippen LogP) is 1.62. The maximum atomic E-state index is 12.9. The Bertz CT molecular complexity index is 375. The monoisotopic (exact) mass is 215 g/mol. The third-order valence-corrected chi connectivity index (χ3v) is 2.81. The van der Waals surface area contributed by atoms with Crippen LogP contribution in [0.2, 0.25) is 0 Å². The summed E-state index contributed by atoms with van der Waals surface area (Å²) in [5.74, 6) is -1.29. The van der Waals surface area contributed by atoms with Gasteiger partial charge in [-0.3, -0.25) is 5.32 Å². The van der Waals surface area contributed by atoms with Crippen molar-refractivity contribution in [1.82, 2.24) is 15.5 Å². The Morgan fingerprint density at radius 1 is 1.40 bits per heavy atom. The van der Waals surface area contributed by atoms with Gasteiger partial charge in [0.1, 0.15) is 0 Å². The molecule has 1 saturated heterocycles. The SMILES string of the molecule is FC1(F)CN[C@H](c2nc(C3CC3)no2)C1. The van der Waals surface area contributed by atoms with Crippen LogP contribution in [-0.2, 0) is 0 Å². The molecule has 1 N–H and O–H groups in total. The molecule has 6 heteroatoms. The third kappa shape index (κ3) is 1.73. The highest BCUT2D eigenvalue weighted by Gasteiger charge is 2.42. The molecule has 1 saturated carbocycles. The zero-order chi connectivity index (χ0) is 10.5. The maximum absolute atomic E-state index is 12.9. The second-order valence-corrected chi connectivity index (χ2v) is 4.26.